The number of aromatic nitrogens is 6. The van der Waals surface area contributed by atoms with Crippen LogP contribution in [0.15, 0.2) is 47.5 Å². The monoisotopic (exact) mass is 351 g/mol. The van der Waals surface area contributed by atoms with Gasteiger partial charge in [0.25, 0.3) is 0 Å². The Morgan fingerprint density at radius 2 is 2.15 bits per heavy atom. The van der Waals surface area contributed by atoms with Gasteiger partial charge in [0, 0.05) is 11.8 Å². The first-order chi connectivity index (χ1) is 12.7. The Kier molecular flexibility index (Phi) is 4.10. The maximum absolute atomic E-state index is 12.4. The number of hydrogen-bond donors (Lipinski definition) is 3. The van der Waals surface area contributed by atoms with E-state index >= 15 is 0 Å². The predicted octanol–water partition coefficient (Wildman–Crippen LogP) is 1.51. The molecular formula is C17H17N7O2. The van der Waals surface area contributed by atoms with Gasteiger partial charge in [0.15, 0.2) is 5.65 Å². The molecule has 0 saturated carbocycles. The van der Waals surface area contributed by atoms with Crippen molar-refractivity contribution in [1.82, 2.24) is 29.7 Å². The van der Waals surface area contributed by atoms with Crippen LogP contribution in [0.5, 0.6) is 5.75 Å². The van der Waals surface area contributed by atoms with E-state index < -0.39 is 0 Å². The summed E-state index contributed by atoms with van der Waals surface area (Å²) in [6.07, 6.45) is 3.27. The quantitative estimate of drug-likeness (QED) is 0.485. The third-order valence-electron chi connectivity index (χ3n) is 4.03. The molecule has 9 nitrogen and oxygen atoms in total. The lowest BCUT2D eigenvalue weighted by atomic mass is 10.2. The van der Waals surface area contributed by atoms with Gasteiger partial charge in [0.1, 0.15) is 11.3 Å². The SMILES string of the molecule is COc1ccccc1Cn1c(=O)[nH]c2cnc(NCc3ccn[nH]3)nc21. The first-order valence-electron chi connectivity index (χ1n) is 8.04. The molecule has 0 fully saturated rings. The Morgan fingerprint density at radius 3 is 2.96 bits per heavy atom. The number of para-hydroxylation sites is 1. The van der Waals surface area contributed by atoms with E-state index in [1.165, 1.54) is 0 Å². The van der Waals surface area contributed by atoms with Gasteiger partial charge in [-0.3, -0.25) is 9.67 Å². The molecule has 0 aliphatic rings. The van der Waals surface area contributed by atoms with Crippen LogP contribution in [0, 0.1) is 0 Å². The van der Waals surface area contributed by atoms with E-state index in [1.807, 2.05) is 30.3 Å². The summed E-state index contributed by atoms with van der Waals surface area (Å²) in [6.45, 7) is 0.854. The highest BCUT2D eigenvalue weighted by Crippen LogP contribution is 2.19. The molecule has 0 spiro atoms. The zero-order valence-corrected chi connectivity index (χ0v) is 14.1. The van der Waals surface area contributed by atoms with Crippen LogP contribution >= 0.6 is 0 Å². The molecule has 0 amide bonds. The van der Waals surface area contributed by atoms with Crippen molar-refractivity contribution < 1.29 is 4.74 Å². The predicted molar refractivity (Wildman–Crippen MR) is 96.2 cm³/mol. The summed E-state index contributed by atoms with van der Waals surface area (Å²) < 4.78 is 6.94. The lowest BCUT2D eigenvalue weighted by molar-refractivity contribution is 0.408. The minimum Gasteiger partial charge on any atom is -0.496 e. The van der Waals surface area contributed by atoms with Crippen molar-refractivity contribution >= 4 is 17.1 Å². The molecule has 3 N–H and O–H groups in total. The average molecular weight is 351 g/mol. The fourth-order valence-corrected chi connectivity index (χ4v) is 2.74. The second kappa shape index (κ2) is 6.71. The van der Waals surface area contributed by atoms with Crippen LogP contribution in [0.1, 0.15) is 11.3 Å². The number of rotatable bonds is 6. The van der Waals surface area contributed by atoms with Crippen molar-refractivity contribution in [3.8, 4) is 5.75 Å². The zero-order chi connectivity index (χ0) is 17.9. The van der Waals surface area contributed by atoms with Crippen molar-refractivity contribution in [2.75, 3.05) is 12.4 Å². The zero-order valence-electron chi connectivity index (χ0n) is 14.1. The summed E-state index contributed by atoms with van der Waals surface area (Å²) in [6, 6.07) is 9.44. The standard InChI is InChI=1S/C17H17N7O2/c1-26-14-5-3-2-4-11(14)10-24-15-13(21-17(24)25)9-19-16(22-15)18-8-12-6-7-20-23-12/h2-7,9H,8,10H2,1H3,(H,20,23)(H,21,25)(H,18,19,22). The van der Waals surface area contributed by atoms with Gasteiger partial charge in [-0.2, -0.15) is 10.1 Å². The highest BCUT2D eigenvalue weighted by atomic mass is 16.5. The van der Waals surface area contributed by atoms with Crippen molar-refractivity contribution in [1.29, 1.82) is 0 Å². The molecule has 9 heteroatoms. The average Bonchev–Trinajstić information content (AvgIpc) is 3.29. The Balaban J connectivity index is 1.66. The maximum atomic E-state index is 12.4. The molecule has 0 saturated heterocycles. The van der Waals surface area contributed by atoms with Crippen molar-refractivity contribution in [3.05, 3.63) is 64.5 Å². The van der Waals surface area contributed by atoms with Gasteiger partial charge in [0.2, 0.25) is 5.95 Å². The number of imidazole rings is 1. The molecule has 0 radical (unpaired) electrons. The second-order valence-corrected chi connectivity index (χ2v) is 5.69. The Labute approximate surface area is 148 Å². The fraction of sp³-hybridized carbons (Fsp3) is 0.176. The van der Waals surface area contributed by atoms with Crippen molar-refractivity contribution in [3.63, 3.8) is 0 Å². The first kappa shape index (κ1) is 15.9. The lowest BCUT2D eigenvalue weighted by Gasteiger charge is -2.09. The third-order valence-corrected chi connectivity index (χ3v) is 4.03. The molecule has 0 aliphatic heterocycles. The van der Waals surface area contributed by atoms with Crippen LogP contribution in [0.4, 0.5) is 5.95 Å². The van der Waals surface area contributed by atoms with Crippen LogP contribution in [0.2, 0.25) is 0 Å². The van der Waals surface area contributed by atoms with E-state index in [2.05, 4.69) is 30.5 Å². The highest BCUT2D eigenvalue weighted by molar-refractivity contribution is 5.71. The number of nitrogens with one attached hydrogen (secondary N) is 3. The summed E-state index contributed by atoms with van der Waals surface area (Å²) >= 11 is 0. The number of H-pyrrole nitrogens is 2. The van der Waals surface area contributed by atoms with Crippen LogP contribution < -0.4 is 15.7 Å². The van der Waals surface area contributed by atoms with Gasteiger partial charge < -0.3 is 15.0 Å². The number of methoxy groups -OCH3 is 1. The van der Waals surface area contributed by atoms with E-state index in [0.717, 1.165) is 17.0 Å². The van der Waals surface area contributed by atoms with E-state index in [1.54, 1.807) is 24.1 Å². The summed E-state index contributed by atoms with van der Waals surface area (Å²) in [5.41, 5.74) is 2.67. The number of fused-ring (bicyclic) bond motifs is 1. The highest BCUT2D eigenvalue weighted by Gasteiger charge is 2.12. The Morgan fingerprint density at radius 1 is 1.27 bits per heavy atom. The largest absolute Gasteiger partial charge is 0.496 e. The molecular weight excluding hydrogens is 334 g/mol. The summed E-state index contributed by atoms with van der Waals surface area (Å²) in [5, 5.41) is 9.87. The van der Waals surface area contributed by atoms with Crippen LogP contribution in [-0.4, -0.2) is 36.8 Å². The summed E-state index contributed by atoms with van der Waals surface area (Å²) in [7, 11) is 1.61. The molecule has 3 heterocycles. The number of benzene rings is 1. The van der Waals surface area contributed by atoms with Crippen molar-refractivity contribution in [2.24, 2.45) is 0 Å². The molecule has 0 aliphatic carbocycles. The molecule has 4 rings (SSSR count). The maximum Gasteiger partial charge on any atom is 0.328 e. The van der Waals surface area contributed by atoms with Crippen LogP contribution in [0.3, 0.4) is 0 Å². The van der Waals surface area contributed by atoms with Crippen molar-refractivity contribution in [2.45, 2.75) is 13.1 Å². The smallest absolute Gasteiger partial charge is 0.328 e. The second-order valence-electron chi connectivity index (χ2n) is 5.69. The number of hydrogen-bond acceptors (Lipinski definition) is 6. The molecule has 0 atom stereocenters. The minimum atomic E-state index is -0.245. The molecule has 4 aromatic rings. The number of ether oxygens (including phenoxy) is 1. The minimum absolute atomic E-state index is 0.245. The van der Waals surface area contributed by atoms with Crippen LogP contribution in [0.25, 0.3) is 11.2 Å². The Bertz CT molecular complexity index is 1080. The van der Waals surface area contributed by atoms with Crippen LogP contribution in [-0.2, 0) is 13.1 Å². The molecule has 26 heavy (non-hydrogen) atoms. The lowest BCUT2D eigenvalue weighted by Crippen LogP contribution is -2.18. The summed E-state index contributed by atoms with van der Waals surface area (Å²) in [4.78, 5) is 23.9. The van der Waals surface area contributed by atoms with Gasteiger partial charge in [-0.25, -0.2) is 9.78 Å². The number of aromatic amines is 2. The first-order valence-corrected chi connectivity index (χ1v) is 8.04. The van der Waals surface area contributed by atoms with Gasteiger partial charge in [0.05, 0.1) is 32.1 Å². The van der Waals surface area contributed by atoms with E-state index in [9.17, 15) is 4.79 Å². The molecule has 3 aromatic heterocycles. The van der Waals surface area contributed by atoms with Gasteiger partial charge >= 0.3 is 5.69 Å². The van der Waals surface area contributed by atoms with Gasteiger partial charge in [-0.15, -0.1) is 0 Å². The van der Waals surface area contributed by atoms with Gasteiger partial charge in [-0.1, -0.05) is 18.2 Å². The normalized spacial score (nSPS) is 11.0. The molecule has 0 bridgehead atoms. The molecule has 132 valence electrons. The number of nitrogens with zero attached hydrogens (tertiary/aromatic N) is 4. The van der Waals surface area contributed by atoms with E-state index in [4.69, 9.17) is 4.74 Å². The van der Waals surface area contributed by atoms with Gasteiger partial charge in [-0.05, 0) is 12.1 Å². The topological polar surface area (TPSA) is 114 Å². The van der Waals surface area contributed by atoms with E-state index in [-0.39, 0.29) is 5.69 Å². The van der Waals surface area contributed by atoms with E-state index in [0.29, 0.717) is 30.2 Å². The molecule has 1 aromatic carbocycles. The Hall–Kier alpha value is -3.62. The third kappa shape index (κ3) is 3.02. The molecule has 0 unspecified atom stereocenters. The fourth-order valence-electron chi connectivity index (χ4n) is 2.74. The summed E-state index contributed by atoms with van der Waals surface area (Å²) in [5.74, 6) is 1.15. The number of anilines is 1.